The highest BCUT2D eigenvalue weighted by molar-refractivity contribution is 6.50. The molecule has 15 heavy (non-hydrogen) atoms. The van der Waals surface area contributed by atoms with Gasteiger partial charge in [-0.05, 0) is 27.7 Å². The van der Waals surface area contributed by atoms with Crippen molar-refractivity contribution in [3.63, 3.8) is 0 Å². The zero-order valence-corrected chi connectivity index (χ0v) is 10.1. The van der Waals surface area contributed by atoms with Gasteiger partial charge in [0.05, 0.1) is 26.2 Å². The largest absolute Gasteiger partial charge is 0.673 e. The van der Waals surface area contributed by atoms with Crippen molar-refractivity contribution in [3.8, 4) is 0 Å². The van der Waals surface area contributed by atoms with Crippen LogP contribution >= 0.6 is 0 Å². The minimum Gasteiger partial charge on any atom is -0.418 e. The number of hydrogen-bond acceptors (Lipinski definition) is 1. The maximum atomic E-state index is 9.75. The van der Waals surface area contributed by atoms with Gasteiger partial charge < -0.3 is 27.9 Å². The van der Waals surface area contributed by atoms with Crippen molar-refractivity contribution < 1.29 is 21.7 Å². The van der Waals surface area contributed by atoms with Gasteiger partial charge in [0.15, 0.2) is 0 Å². The van der Waals surface area contributed by atoms with Gasteiger partial charge in [-0.15, -0.1) is 0 Å². The molecule has 0 aliphatic heterocycles. The van der Waals surface area contributed by atoms with E-state index in [1.54, 1.807) is 0 Å². The van der Waals surface area contributed by atoms with Gasteiger partial charge in [0.25, 0.3) is 0 Å². The maximum absolute atomic E-state index is 9.75. The summed E-state index contributed by atoms with van der Waals surface area (Å²) in [6.07, 6.45) is 0. The van der Waals surface area contributed by atoms with Crippen LogP contribution in [0.2, 0.25) is 0 Å². The average Bonchev–Trinajstić information content (AvgIpc) is 2.07. The fourth-order valence-electron chi connectivity index (χ4n) is 1.34. The smallest absolute Gasteiger partial charge is 0.418 e. The molecule has 0 aromatic heterocycles. The molecule has 0 radical (unpaired) electrons. The molecule has 0 aromatic rings. The van der Waals surface area contributed by atoms with Crippen molar-refractivity contribution in [3.05, 3.63) is 0 Å². The Morgan fingerprint density at radius 2 is 0.867 bits per heavy atom. The number of halogens is 4. The first-order chi connectivity index (χ1) is 6.24. The van der Waals surface area contributed by atoms with Gasteiger partial charge in [-0.2, -0.15) is 0 Å². The third-order valence-electron chi connectivity index (χ3n) is 2.68. The van der Waals surface area contributed by atoms with Gasteiger partial charge in [-0.3, -0.25) is 0 Å². The van der Waals surface area contributed by atoms with E-state index < -0.39 is 7.25 Å². The zero-order valence-electron chi connectivity index (χ0n) is 10.1. The monoisotopic (exact) mass is 234 g/mol. The molecule has 0 atom stereocenters. The van der Waals surface area contributed by atoms with Crippen LogP contribution in [-0.4, -0.2) is 37.9 Å². The van der Waals surface area contributed by atoms with Crippen molar-refractivity contribution in [2.24, 2.45) is 0 Å². The van der Waals surface area contributed by atoms with Crippen LogP contribution in [0.5, 0.6) is 0 Å². The normalized spacial score (nSPS) is 11.2. The molecule has 0 bridgehead atoms. The summed E-state index contributed by atoms with van der Waals surface area (Å²) in [7, 11) is -6.00. The van der Waals surface area contributed by atoms with E-state index in [2.05, 4.69) is 27.7 Å². The standard InChI is InChI=1S/C8H20N.BF4.H3N/c1-5-9(6-2,7-3)8-4;2-1(3,4)5;/h5-8H2,1-4H3;;1H3/q+1;-1;. The van der Waals surface area contributed by atoms with Crippen molar-refractivity contribution in [1.29, 1.82) is 0 Å². The Hall–Kier alpha value is -0.295. The van der Waals surface area contributed by atoms with E-state index in [1.165, 1.54) is 30.7 Å². The lowest BCUT2D eigenvalue weighted by Crippen LogP contribution is -2.47. The van der Waals surface area contributed by atoms with Gasteiger partial charge in [-0.1, -0.05) is 0 Å². The lowest BCUT2D eigenvalue weighted by Gasteiger charge is -2.34. The third-order valence-corrected chi connectivity index (χ3v) is 2.68. The molecule has 3 N–H and O–H groups in total. The lowest BCUT2D eigenvalue weighted by molar-refractivity contribution is -0.921. The highest BCUT2D eigenvalue weighted by Crippen LogP contribution is 2.06. The first-order valence-electron chi connectivity index (χ1n) is 4.97. The van der Waals surface area contributed by atoms with Crippen LogP contribution in [0, 0.1) is 0 Å². The zero-order chi connectivity index (χ0) is 11.8. The predicted molar refractivity (Wildman–Crippen MR) is 57.6 cm³/mol. The Kier molecular flexibility index (Phi) is 12.1. The summed E-state index contributed by atoms with van der Waals surface area (Å²) < 4.78 is 40.3. The molecule has 0 spiro atoms. The van der Waals surface area contributed by atoms with Crippen LogP contribution in [0.4, 0.5) is 17.3 Å². The summed E-state index contributed by atoms with van der Waals surface area (Å²) in [5.74, 6) is 0. The Labute approximate surface area is 89.9 Å². The summed E-state index contributed by atoms with van der Waals surface area (Å²) in [6.45, 7) is 14.2. The van der Waals surface area contributed by atoms with Crippen LogP contribution < -0.4 is 6.15 Å². The fourth-order valence-corrected chi connectivity index (χ4v) is 1.34. The number of nitrogens with zero attached hydrogens (tertiary/aromatic N) is 1. The second kappa shape index (κ2) is 8.97. The number of quaternary nitrogens is 1. The molecule has 0 rings (SSSR count). The Morgan fingerprint density at radius 1 is 0.733 bits per heavy atom. The topological polar surface area (TPSA) is 35.0 Å². The Balaban J connectivity index is -0.000000208. The Bertz CT molecular complexity index is 114. The highest BCUT2D eigenvalue weighted by atomic mass is 19.5. The molecule has 0 unspecified atom stereocenters. The van der Waals surface area contributed by atoms with Crippen molar-refractivity contribution >= 4 is 7.25 Å². The molecule has 0 aromatic carbocycles. The van der Waals surface area contributed by atoms with Crippen LogP contribution in [0.3, 0.4) is 0 Å². The summed E-state index contributed by atoms with van der Waals surface area (Å²) in [5, 5.41) is 0. The van der Waals surface area contributed by atoms with Crippen LogP contribution in [0.25, 0.3) is 0 Å². The van der Waals surface area contributed by atoms with E-state index in [9.17, 15) is 17.3 Å². The second-order valence-electron chi connectivity index (χ2n) is 3.10. The molecule has 2 nitrogen and oxygen atoms in total. The molecule has 0 saturated carbocycles. The van der Waals surface area contributed by atoms with Gasteiger partial charge in [0.2, 0.25) is 0 Å². The maximum Gasteiger partial charge on any atom is 0.673 e. The molecule has 0 heterocycles. The van der Waals surface area contributed by atoms with E-state index in [1.807, 2.05) is 0 Å². The molecular weight excluding hydrogens is 211 g/mol. The lowest BCUT2D eigenvalue weighted by atomic mass is 10.3. The van der Waals surface area contributed by atoms with E-state index in [4.69, 9.17) is 0 Å². The highest BCUT2D eigenvalue weighted by Gasteiger charge is 2.20. The minimum atomic E-state index is -6.00. The van der Waals surface area contributed by atoms with Crippen molar-refractivity contribution in [2.45, 2.75) is 27.7 Å². The predicted octanol–water partition coefficient (Wildman–Crippen LogP) is 3.34. The average molecular weight is 234 g/mol. The Morgan fingerprint density at radius 3 is 0.867 bits per heavy atom. The molecule has 0 aliphatic carbocycles. The molecule has 7 heteroatoms. The minimum absolute atomic E-state index is 0. The SMILES string of the molecule is CC[N+](CC)(CC)CC.F[B-](F)(F)F.N. The summed E-state index contributed by atoms with van der Waals surface area (Å²) in [4.78, 5) is 0. The first kappa shape index (κ1) is 20.2. The first-order valence-corrected chi connectivity index (χ1v) is 4.97. The van der Waals surface area contributed by atoms with Gasteiger partial charge >= 0.3 is 7.25 Å². The molecule has 0 aliphatic rings. The van der Waals surface area contributed by atoms with Crippen molar-refractivity contribution in [2.75, 3.05) is 26.2 Å². The number of hydrogen-bond donors (Lipinski definition) is 1. The molecule has 0 fully saturated rings. The van der Waals surface area contributed by atoms with Crippen LogP contribution in [0.1, 0.15) is 27.7 Å². The van der Waals surface area contributed by atoms with E-state index in [0.717, 1.165) is 0 Å². The quantitative estimate of drug-likeness (QED) is 0.451. The molecule has 96 valence electrons. The van der Waals surface area contributed by atoms with Gasteiger partial charge in [0, 0.05) is 0 Å². The van der Waals surface area contributed by atoms with Gasteiger partial charge in [0.1, 0.15) is 0 Å². The van der Waals surface area contributed by atoms with E-state index in [-0.39, 0.29) is 6.15 Å². The van der Waals surface area contributed by atoms with Crippen LogP contribution in [-0.2, 0) is 0 Å². The molecule has 0 saturated heterocycles. The summed E-state index contributed by atoms with van der Waals surface area (Å²) in [6, 6.07) is 0. The van der Waals surface area contributed by atoms with Gasteiger partial charge in [-0.25, -0.2) is 0 Å². The third kappa shape index (κ3) is 13.7. The molecule has 0 amide bonds. The van der Waals surface area contributed by atoms with Crippen LogP contribution in [0.15, 0.2) is 0 Å². The summed E-state index contributed by atoms with van der Waals surface area (Å²) >= 11 is 0. The fraction of sp³-hybridized carbons (Fsp3) is 1.00. The van der Waals surface area contributed by atoms with E-state index >= 15 is 0 Å². The number of rotatable bonds is 4. The van der Waals surface area contributed by atoms with Crippen molar-refractivity contribution in [1.82, 2.24) is 6.15 Å². The molecular formula is C8H23BF4N2. The van der Waals surface area contributed by atoms with E-state index in [0.29, 0.717) is 0 Å². The second-order valence-corrected chi connectivity index (χ2v) is 3.10. The summed E-state index contributed by atoms with van der Waals surface area (Å²) in [5.41, 5.74) is 0.